The van der Waals surface area contributed by atoms with E-state index in [1.165, 1.54) is 11.1 Å². The van der Waals surface area contributed by atoms with Gasteiger partial charge < -0.3 is 15.8 Å². The van der Waals surface area contributed by atoms with Crippen LogP contribution in [-0.2, 0) is 17.9 Å². The van der Waals surface area contributed by atoms with Crippen LogP contribution < -0.4 is 11.1 Å². The maximum Gasteiger partial charge on any atom is 0.125 e. The van der Waals surface area contributed by atoms with Gasteiger partial charge in [-0.1, -0.05) is 24.3 Å². The average molecular weight is 243 g/mol. The Bertz CT molecular complexity index is 514. The molecule has 0 spiro atoms. The molecular weight excluding hydrogens is 226 g/mol. The third kappa shape index (κ3) is 3.46. The summed E-state index contributed by atoms with van der Waals surface area (Å²) in [5, 5.41) is 3.31. The molecule has 0 saturated heterocycles. The minimum Gasteiger partial charge on any atom is -0.384 e. The lowest BCUT2D eigenvalue weighted by Crippen LogP contribution is -2.01. The fourth-order valence-corrected chi connectivity index (χ4v) is 1.76. The van der Waals surface area contributed by atoms with Crippen LogP contribution in [0.2, 0.25) is 0 Å². The van der Waals surface area contributed by atoms with Crippen molar-refractivity contribution < 1.29 is 4.74 Å². The second kappa shape index (κ2) is 6.02. The van der Waals surface area contributed by atoms with Crippen molar-refractivity contribution in [1.29, 1.82) is 0 Å². The van der Waals surface area contributed by atoms with Gasteiger partial charge in [0, 0.05) is 31.6 Å². The molecule has 1 heterocycles. The highest BCUT2D eigenvalue weighted by atomic mass is 16.5. The van der Waals surface area contributed by atoms with E-state index in [0.717, 1.165) is 12.2 Å². The van der Waals surface area contributed by atoms with Crippen molar-refractivity contribution in [3.63, 3.8) is 0 Å². The van der Waals surface area contributed by atoms with Gasteiger partial charge in [0.05, 0.1) is 6.61 Å². The number of nitrogens with zero attached hydrogens (tertiary/aromatic N) is 1. The molecule has 0 radical (unpaired) electrons. The number of hydrogen-bond donors (Lipinski definition) is 2. The molecule has 18 heavy (non-hydrogen) atoms. The van der Waals surface area contributed by atoms with Crippen molar-refractivity contribution in [2.45, 2.75) is 13.2 Å². The summed E-state index contributed by atoms with van der Waals surface area (Å²) < 4.78 is 5.12. The molecule has 94 valence electrons. The number of nitrogens with two attached hydrogens (primary N) is 1. The Kier molecular flexibility index (Phi) is 4.15. The molecule has 0 unspecified atom stereocenters. The quantitative estimate of drug-likeness (QED) is 0.846. The molecule has 0 aliphatic heterocycles. The monoisotopic (exact) mass is 243 g/mol. The number of benzene rings is 1. The van der Waals surface area contributed by atoms with Crippen molar-refractivity contribution >= 4 is 11.5 Å². The zero-order chi connectivity index (χ0) is 12.8. The van der Waals surface area contributed by atoms with E-state index in [1.54, 1.807) is 13.3 Å². The van der Waals surface area contributed by atoms with E-state index in [0.29, 0.717) is 12.4 Å². The first-order valence-corrected chi connectivity index (χ1v) is 5.80. The van der Waals surface area contributed by atoms with Crippen molar-refractivity contribution in [3.8, 4) is 0 Å². The first-order valence-electron chi connectivity index (χ1n) is 5.80. The first-order chi connectivity index (χ1) is 8.78. The highest BCUT2D eigenvalue weighted by Crippen LogP contribution is 2.12. The van der Waals surface area contributed by atoms with Crippen LogP contribution in [-0.4, -0.2) is 12.1 Å². The molecule has 0 saturated carbocycles. The third-order valence-corrected chi connectivity index (χ3v) is 2.58. The fraction of sp³-hybridized carbons (Fsp3) is 0.214. The normalized spacial score (nSPS) is 10.3. The number of anilines is 2. The Hall–Kier alpha value is -2.07. The summed E-state index contributed by atoms with van der Waals surface area (Å²) in [7, 11) is 1.70. The standard InChI is InChI=1S/C14H17N3O/c1-18-10-12-4-2-3-11(7-12)9-17-13-5-6-16-14(15)8-13/h2-8H,9-10H2,1H3,(H3,15,16,17). The predicted octanol–water partition coefficient (Wildman–Crippen LogP) is 2.42. The Morgan fingerprint density at radius 3 is 2.83 bits per heavy atom. The topological polar surface area (TPSA) is 60.2 Å². The summed E-state index contributed by atoms with van der Waals surface area (Å²) in [4.78, 5) is 3.95. The fourth-order valence-electron chi connectivity index (χ4n) is 1.76. The minimum absolute atomic E-state index is 0.521. The second-order valence-electron chi connectivity index (χ2n) is 4.08. The zero-order valence-corrected chi connectivity index (χ0v) is 10.4. The minimum atomic E-state index is 0.521. The molecule has 0 amide bonds. The molecule has 1 aromatic carbocycles. The van der Waals surface area contributed by atoms with Crippen LogP contribution in [0.25, 0.3) is 0 Å². The molecule has 0 aliphatic carbocycles. The third-order valence-electron chi connectivity index (χ3n) is 2.58. The molecule has 4 nitrogen and oxygen atoms in total. The summed E-state index contributed by atoms with van der Waals surface area (Å²) in [6, 6.07) is 12.0. The van der Waals surface area contributed by atoms with Gasteiger partial charge in [-0.3, -0.25) is 0 Å². The van der Waals surface area contributed by atoms with E-state index in [-0.39, 0.29) is 0 Å². The number of nitrogens with one attached hydrogen (secondary N) is 1. The maximum absolute atomic E-state index is 5.62. The largest absolute Gasteiger partial charge is 0.384 e. The number of hydrogen-bond acceptors (Lipinski definition) is 4. The first kappa shape index (κ1) is 12.4. The molecule has 0 atom stereocenters. The maximum atomic E-state index is 5.62. The number of nitrogen functional groups attached to an aromatic ring is 1. The van der Waals surface area contributed by atoms with E-state index in [1.807, 2.05) is 18.2 Å². The van der Waals surface area contributed by atoms with Crippen LogP contribution in [0.1, 0.15) is 11.1 Å². The van der Waals surface area contributed by atoms with E-state index in [9.17, 15) is 0 Å². The van der Waals surface area contributed by atoms with Gasteiger partial charge >= 0.3 is 0 Å². The lowest BCUT2D eigenvalue weighted by atomic mass is 10.1. The molecular formula is C14H17N3O. The Labute approximate surface area is 107 Å². The number of ether oxygens (including phenoxy) is 1. The lowest BCUT2D eigenvalue weighted by molar-refractivity contribution is 0.185. The molecule has 2 aromatic rings. The number of rotatable bonds is 5. The van der Waals surface area contributed by atoms with Gasteiger partial charge in [-0.25, -0.2) is 4.98 Å². The summed E-state index contributed by atoms with van der Waals surface area (Å²) in [6.45, 7) is 1.39. The number of methoxy groups -OCH3 is 1. The van der Waals surface area contributed by atoms with Crippen LogP contribution in [0, 0.1) is 0 Å². The van der Waals surface area contributed by atoms with Crippen LogP contribution in [0.5, 0.6) is 0 Å². The van der Waals surface area contributed by atoms with Crippen molar-refractivity contribution in [1.82, 2.24) is 4.98 Å². The van der Waals surface area contributed by atoms with Crippen LogP contribution in [0.3, 0.4) is 0 Å². The van der Waals surface area contributed by atoms with E-state index in [4.69, 9.17) is 10.5 Å². The molecule has 3 N–H and O–H groups in total. The molecule has 2 rings (SSSR count). The molecule has 0 fully saturated rings. The number of aromatic nitrogens is 1. The molecule has 0 bridgehead atoms. The van der Waals surface area contributed by atoms with Crippen LogP contribution in [0.15, 0.2) is 42.6 Å². The predicted molar refractivity (Wildman–Crippen MR) is 73.1 cm³/mol. The van der Waals surface area contributed by atoms with Gasteiger partial charge in [0.15, 0.2) is 0 Å². The van der Waals surface area contributed by atoms with Gasteiger partial charge in [0.1, 0.15) is 5.82 Å². The van der Waals surface area contributed by atoms with Crippen molar-refractivity contribution in [2.75, 3.05) is 18.2 Å². The molecule has 1 aromatic heterocycles. The molecule has 0 aliphatic rings. The molecule has 4 heteroatoms. The SMILES string of the molecule is COCc1cccc(CNc2ccnc(N)c2)c1. The van der Waals surface area contributed by atoms with Gasteiger partial charge in [0.2, 0.25) is 0 Å². The zero-order valence-electron chi connectivity index (χ0n) is 10.4. The lowest BCUT2D eigenvalue weighted by Gasteiger charge is -2.08. The Balaban J connectivity index is 1.99. The van der Waals surface area contributed by atoms with Gasteiger partial charge in [-0.2, -0.15) is 0 Å². The summed E-state index contributed by atoms with van der Waals surface area (Å²) in [6.07, 6.45) is 1.69. The van der Waals surface area contributed by atoms with E-state index >= 15 is 0 Å². The van der Waals surface area contributed by atoms with Gasteiger partial charge in [-0.15, -0.1) is 0 Å². The summed E-state index contributed by atoms with van der Waals surface area (Å²) >= 11 is 0. The average Bonchev–Trinajstić information content (AvgIpc) is 2.37. The van der Waals surface area contributed by atoms with Crippen molar-refractivity contribution in [2.24, 2.45) is 0 Å². The van der Waals surface area contributed by atoms with Crippen LogP contribution in [0.4, 0.5) is 11.5 Å². The van der Waals surface area contributed by atoms with E-state index in [2.05, 4.69) is 28.5 Å². The Morgan fingerprint density at radius 2 is 2.06 bits per heavy atom. The van der Waals surface area contributed by atoms with Gasteiger partial charge in [0.25, 0.3) is 0 Å². The summed E-state index contributed by atoms with van der Waals surface area (Å²) in [5.74, 6) is 0.521. The second-order valence-corrected chi connectivity index (χ2v) is 4.08. The van der Waals surface area contributed by atoms with Crippen molar-refractivity contribution in [3.05, 3.63) is 53.7 Å². The highest BCUT2D eigenvalue weighted by Gasteiger charge is 1.97. The van der Waals surface area contributed by atoms with Gasteiger partial charge in [-0.05, 0) is 17.2 Å². The summed E-state index contributed by atoms with van der Waals surface area (Å²) in [5.41, 5.74) is 8.98. The highest BCUT2D eigenvalue weighted by molar-refractivity contribution is 5.49. The smallest absolute Gasteiger partial charge is 0.125 e. The van der Waals surface area contributed by atoms with E-state index < -0.39 is 0 Å². The Morgan fingerprint density at radius 1 is 1.22 bits per heavy atom. The van der Waals surface area contributed by atoms with Crippen LogP contribution >= 0.6 is 0 Å². The number of pyridine rings is 1.